The molecule has 0 saturated carbocycles. The summed E-state index contributed by atoms with van der Waals surface area (Å²) in [5.74, 6) is 0.925. The first-order chi connectivity index (χ1) is 12.6. The maximum atomic E-state index is 12.3. The number of hydrogen-bond donors (Lipinski definition) is 1. The molecule has 1 aromatic heterocycles. The Hall–Kier alpha value is -2.51. The summed E-state index contributed by atoms with van der Waals surface area (Å²) in [5, 5.41) is 11.2. The lowest BCUT2D eigenvalue weighted by atomic mass is 10.2. The molecule has 1 atom stereocenters. The molecular weight excluding hydrogens is 374 g/mol. The molecule has 0 fully saturated rings. The highest BCUT2D eigenvalue weighted by molar-refractivity contribution is 8.00. The molecule has 0 saturated heterocycles. The molecular formula is C18H16ClN3O3S. The Kier molecular flexibility index (Phi) is 5.80. The zero-order valence-corrected chi connectivity index (χ0v) is 15.7. The van der Waals surface area contributed by atoms with Crippen molar-refractivity contribution in [3.8, 4) is 17.2 Å². The molecule has 1 amide bonds. The van der Waals surface area contributed by atoms with Gasteiger partial charge in [-0.15, -0.1) is 10.2 Å². The van der Waals surface area contributed by atoms with Crippen LogP contribution in [-0.4, -0.2) is 28.5 Å². The van der Waals surface area contributed by atoms with Crippen LogP contribution in [0.1, 0.15) is 6.92 Å². The number of methoxy groups -OCH3 is 1. The Morgan fingerprint density at radius 1 is 1.19 bits per heavy atom. The summed E-state index contributed by atoms with van der Waals surface area (Å²) in [4.78, 5) is 12.3. The van der Waals surface area contributed by atoms with Crippen LogP contribution < -0.4 is 10.1 Å². The number of hydrogen-bond acceptors (Lipinski definition) is 6. The van der Waals surface area contributed by atoms with E-state index in [1.54, 1.807) is 38.3 Å². The Bertz CT molecular complexity index is 899. The van der Waals surface area contributed by atoms with Crippen molar-refractivity contribution in [2.45, 2.75) is 17.4 Å². The maximum Gasteiger partial charge on any atom is 0.277 e. The summed E-state index contributed by atoms with van der Waals surface area (Å²) in [5.41, 5.74) is 1.34. The largest absolute Gasteiger partial charge is 0.497 e. The fourth-order valence-electron chi connectivity index (χ4n) is 2.11. The van der Waals surface area contributed by atoms with Gasteiger partial charge in [-0.05, 0) is 43.3 Å². The van der Waals surface area contributed by atoms with E-state index >= 15 is 0 Å². The number of anilines is 1. The van der Waals surface area contributed by atoms with Crippen LogP contribution in [0.4, 0.5) is 5.69 Å². The van der Waals surface area contributed by atoms with E-state index in [1.165, 1.54) is 11.8 Å². The van der Waals surface area contributed by atoms with Gasteiger partial charge in [0.25, 0.3) is 5.22 Å². The summed E-state index contributed by atoms with van der Waals surface area (Å²) in [6, 6.07) is 14.3. The smallest absolute Gasteiger partial charge is 0.277 e. The summed E-state index contributed by atoms with van der Waals surface area (Å²) >= 11 is 7.23. The minimum atomic E-state index is -0.435. The van der Waals surface area contributed by atoms with Crippen LogP contribution in [0.25, 0.3) is 11.5 Å². The zero-order chi connectivity index (χ0) is 18.5. The molecule has 1 heterocycles. The van der Waals surface area contributed by atoms with E-state index in [2.05, 4.69) is 15.5 Å². The zero-order valence-electron chi connectivity index (χ0n) is 14.1. The van der Waals surface area contributed by atoms with E-state index in [4.69, 9.17) is 20.8 Å². The van der Waals surface area contributed by atoms with Gasteiger partial charge < -0.3 is 14.5 Å². The van der Waals surface area contributed by atoms with Crippen molar-refractivity contribution >= 4 is 35.0 Å². The molecule has 0 spiro atoms. The average Bonchev–Trinajstić information content (AvgIpc) is 3.12. The van der Waals surface area contributed by atoms with E-state index in [9.17, 15) is 4.79 Å². The van der Waals surface area contributed by atoms with Crippen LogP contribution in [0, 0.1) is 0 Å². The molecule has 3 rings (SSSR count). The van der Waals surface area contributed by atoms with Crippen LogP contribution in [0.3, 0.4) is 0 Å². The molecule has 1 N–H and O–H groups in total. The number of aromatic nitrogens is 2. The summed E-state index contributed by atoms with van der Waals surface area (Å²) in [7, 11) is 1.60. The van der Waals surface area contributed by atoms with Crippen molar-refractivity contribution in [3.05, 3.63) is 53.6 Å². The van der Waals surface area contributed by atoms with Crippen molar-refractivity contribution in [3.63, 3.8) is 0 Å². The molecule has 0 aliphatic heterocycles. The van der Waals surface area contributed by atoms with Gasteiger partial charge in [-0.1, -0.05) is 35.5 Å². The van der Waals surface area contributed by atoms with Gasteiger partial charge in [0.15, 0.2) is 0 Å². The van der Waals surface area contributed by atoms with Crippen LogP contribution in [0.5, 0.6) is 5.75 Å². The van der Waals surface area contributed by atoms with Crippen molar-refractivity contribution in [1.29, 1.82) is 0 Å². The van der Waals surface area contributed by atoms with Gasteiger partial charge in [0, 0.05) is 5.56 Å². The number of nitrogens with zero attached hydrogens (tertiary/aromatic N) is 2. The number of thioether (sulfide) groups is 1. The van der Waals surface area contributed by atoms with Crippen molar-refractivity contribution in [2.75, 3.05) is 12.4 Å². The number of rotatable bonds is 6. The first-order valence-electron chi connectivity index (χ1n) is 7.77. The Balaban J connectivity index is 1.64. The topological polar surface area (TPSA) is 77.2 Å². The summed E-state index contributed by atoms with van der Waals surface area (Å²) in [6.07, 6.45) is 0. The molecule has 0 radical (unpaired) electrons. The lowest BCUT2D eigenvalue weighted by Crippen LogP contribution is -2.22. The first kappa shape index (κ1) is 18.3. The lowest BCUT2D eigenvalue weighted by Gasteiger charge is -2.10. The molecule has 2 aromatic carbocycles. The second-order valence-corrected chi connectivity index (χ2v) is 7.03. The molecule has 8 heteroatoms. The highest BCUT2D eigenvalue weighted by atomic mass is 35.5. The molecule has 26 heavy (non-hydrogen) atoms. The fourth-order valence-corrected chi connectivity index (χ4v) is 2.98. The first-order valence-corrected chi connectivity index (χ1v) is 9.02. The number of para-hydroxylation sites is 1. The molecule has 134 valence electrons. The van der Waals surface area contributed by atoms with Crippen molar-refractivity contribution < 1.29 is 13.9 Å². The molecule has 3 aromatic rings. The van der Waals surface area contributed by atoms with Gasteiger partial charge in [-0.3, -0.25) is 4.79 Å². The fraction of sp³-hybridized carbons (Fsp3) is 0.167. The molecule has 6 nitrogen and oxygen atoms in total. The molecule has 0 aliphatic rings. The predicted octanol–water partition coefficient (Wildman–Crippen LogP) is 4.52. The number of amides is 1. The van der Waals surface area contributed by atoms with E-state index in [0.29, 0.717) is 21.8 Å². The Morgan fingerprint density at radius 3 is 2.62 bits per heavy atom. The van der Waals surface area contributed by atoms with Gasteiger partial charge in [-0.25, -0.2) is 0 Å². The maximum absolute atomic E-state index is 12.3. The minimum absolute atomic E-state index is 0.202. The van der Waals surface area contributed by atoms with E-state index in [0.717, 1.165) is 11.3 Å². The molecule has 0 aliphatic carbocycles. The van der Waals surface area contributed by atoms with E-state index in [-0.39, 0.29) is 5.91 Å². The quantitative estimate of drug-likeness (QED) is 0.624. The molecule has 1 unspecified atom stereocenters. The third kappa shape index (κ3) is 4.36. The van der Waals surface area contributed by atoms with Gasteiger partial charge in [0.05, 0.1) is 23.1 Å². The summed E-state index contributed by atoms with van der Waals surface area (Å²) < 4.78 is 10.8. The highest BCUT2D eigenvalue weighted by Gasteiger charge is 2.19. The number of benzene rings is 2. The monoisotopic (exact) mass is 389 g/mol. The number of ether oxygens (including phenoxy) is 1. The van der Waals surface area contributed by atoms with Crippen LogP contribution in [0.15, 0.2) is 58.2 Å². The number of carbonyl (C=O) groups excluding carboxylic acids is 1. The number of halogens is 1. The number of carbonyl (C=O) groups is 1. The third-order valence-corrected chi connectivity index (χ3v) is 4.79. The van der Waals surface area contributed by atoms with Gasteiger partial charge in [0.2, 0.25) is 11.8 Å². The second kappa shape index (κ2) is 8.25. The number of nitrogens with one attached hydrogen (secondary N) is 1. The van der Waals surface area contributed by atoms with E-state index < -0.39 is 5.25 Å². The van der Waals surface area contributed by atoms with E-state index in [1.807, 2.05) is 24.3 Å². The van der Waals surface area contributed by atoms with Gasteiger partial charge >= 0.3 is 0 Å². The standard InChI is InChI=1S/C18H16ClN3O3S/c1-11(16(23)20-15-6-4-3-5-14(15)19)26-18-22-21-17(25-18)12-7-9-13(24-2)10-8-12/h3-11H,1-2H3,(H,20,23). The second-order valence-electron chi connectivity index (χ2n) is 5.33. The molecule has 0 bridgehead atoms. The Morgan fingerprint density at radius 2 is 1.92 bits per heavy atom. The van der Waals surface area contributed by atoms with Crippen LogP contribution in [0.2, 0.25) is 5.02 Å². The lowest BCUT2D eigenvalue weighted by molar-refractivity contribution is -0.115. The normalized spacial score (nSPS) is 11.8. The third-order valence-electron chi connectivity index (χ3n) is 3.52. The summed E-state index contributed by atoms with van der Waals surface area (Å²) in [6.45, 7) is 1.76. The van der Waals surface area contributed by atoms with Crippen molar-refractivity contribution in [1.82, 2.24) is 10.2 Å². The van der Waals surface area contributed by atoms with Gasteiger partial charge in [-0.2, -0.15) is 0 Å². The predicted molar refractivity (Wildman–Crippen MR) is 102 cm³/mol. The highest BCUT2D eigenvalue weighted by Crippen LogP contribution is 2.28. The SMILES string of the molecule is COc1ccc(-c2nnc(SC(C)C(=O)Nc3ccccc3Cl)o2)cc1. The minimum Gasteiger partial charge on any atom is -0.497 e. The average molecular weight is 390 g/mol. The van der Waals surface area contributed by atoms with Crippen LogP contribution in [-0.2, 0) is 4.79 Å². The Labute approximate surface area is 159 Å². The van der Waals surface area contributed by atoms with Crippen molar-refractivity contribution in [2.24, 2.45) is 0 Å². The van der Waals surface area contributed by atoms with Gasteiger partial charge in [0.1, 0.15) is 5.75 Å². The van der Waals surface area contributed by atoms with Crippen LogP contribution >= 0.6 is 23.4 Å².